The molecule has 5 aliphatic rings. The van der Waals surface area contributed by atoms with E-state index in [1.807, 2.05) is 95.8 Å². The van der Waals surface area contributed by atoms with Crippen molar-refractivity contribution in [2.75, 3.05) is 40.9 Å². The van der Waals surface area contributed by atoms with Gasteiger partial charge in [-0.2, -0.15) is 0 Å². The maximum Gasteiger partial charge on any atom is 0.324 e. The van der Waals surface area contributed by atoms with Gasteiger partial charge < -0.3 is 53.0 Å². The Bertz CT molecular complexity index is 2310. The Labute approximate surface area is 430 Å². The minimum absolute atomic E-state index is 0.0778. The summed E-state index contributed by atoms with van der Waals surface area (Å²) in [6.07, 6.45) is -3.95. The number of Topliss-reactive ketones (excluding diaryl/α,β-unsaturated/α-hetero) is 1. The van der Waals surface area contributed by atoms with Gasteiger partial charge in [0, 0.05) is 62.0 Å². The topological polar surface area (TPSA) is 185 Å². The molecule has 19 atom stereocenters. The van der Waals surface area contributed by atoms with Crippen molar-refractivity contribution in [3.05, 3.63) is 54.1 Å². The third-order valence-electron chi connectivity index (χ3n) is 16.5. The normalized spacial score (nSPS) is 42.0. The number of pyridine rings is 1. The monoisotopic (exact) mass is 1020 g/mol. The lowest BCUT2D eigenvalue weighted by atomic mass is 9.62. The van der Waals surface area contributed by atoms with E-state index in [2.05, 4.69) is 23.4 Å². The summed E-state index contributed by atoms with van der Waals surface area (Å²) in [5.74, 6) is 1.95. The third kappa shape index (κ3) is 10.9. The van der Waals surface area contributed by atoms with Crippen LogP contribution < -0.4 is 0 Å². The lowest BCUT2D eigenvalue weighted by molar-refractivity contribution is -0.320. The summed E-state index contributed by atoms with van der Waals surface area (Å²) in [7, 11) is 5.32. The van der Waals surface area contributed by atoms with Crippen molar-refractivity contribution in [1.82, 2.24) is 14.8 Å². The molecule has 17 heteroatoms. The number of esters is 2. The van der Waals surface area contributed by atoms with Gasteiger partial charge in [0.25, 0.3) is 0 Å². The molecule has 2 aromatic rings. The standard InChI is InChI=1S/C55H79N3O13S/c1-15-25-58-30-52(8)45-42(58)50(63)71-55(45,11)40(16-2)68-49(62)34(6)44(69-41-29-53(9,64-14)47(61)35(7)67-41)33(5)48(70-51-43(59)38(57(12)13)27-32(4)66-51)54(10,28-31(3)46(52)60)65-26-19-20-36-22-23-39(72-36)37-21-17-18-24-56-37/h15,17-18,21-24,31-35,38,40-45,47-48,51,59,61H,1,16,25-30H2,2-14H3/t31-,32-,33-,34-,35+,38+,40-,41+,42-,43-,44?,45-,47+,48-,51+,52-,53-,54+,55-/m1/s1. The van der Waals surface area contributed by atoms with Crippen LogP contribution in [0.1, 0.15) is 99.8 Å². The zero-order chi connectivity index (χ0) is 52.7. The highest BCUT2D eigenvalue weighted by Crippen LogP contribution is 2.56. The second-order valence-corrected chi connectivity index (χ2v) is 23.1. The Kier molecular flexibility index (Phi) is 17.4. The molecule has 16 nitrogen and oxygen atoms in total. The first kappa shape index (κ1) is 56.1. The van der Waals surface area contributed by atoms with E-state index in [4.69, 9.17) is 37.9 Å². The maximum absolute atomic E-state index is 15.7. The molecule has 0 saturated carbocycles. The Balaban J connectivity index is 1.38. The molecule has 398 valence electrons. The smallest absolute Gasteiger partial charge is 0.324 e. The zero-order valence-corrected chi connectivity index (χ0v) is 45.3. The Hall–Kier alpha value is -3.64. The van der Waals surface area contributed by atoms with Crippen LogP contribution in [0.3, 0.4) is 0 Å². The van der Waals surface area contributed by atoms with Crippen LogP contribution in [-0.2, 0) is 52.3 Å². The maximum atomic E-state index is 15.7. The molecular weight excluding hydrogens is 943 g/mol. The molecule has 7 heterocycles. The molecule has 0 aromatic carbocycles. The van der Waals surface area contributed by atoms with Gasteiger partial charge in [-0.25, -0.2) is 0 Å². The molecule has 1 unspecified atom stereocenters. The predicted molar refractivity (Wildman–Crippen MR) is 270 cm³/mol. The lowest BCUT2D eigenvalue weighted by Gasteiger charge is -2.50. The van der Waals surface area contributed by atoms with E-state index in [1.54, 1.807) is 40.0 Å². The van der Waals surface area contributed by atoms with E-state index in [0.29, 0.717) is 13.0 Å². The van der Waals surface area contributed by atoms with Crippen LogP contribution in [0.25, 0.3) is 10.6 Å². The van der Waals surface area contributed by atoms with Gasteiger partial charge in [0.2, 0.25) is 0 Å². The average Bonchev–Trinajstić information content (AvgIpc) is 4.03. The quantitative estimate of drug-likeness (QED) is 0.142. The second-order valence-electron chi connectivity index (χ2n) is 22.1. The first-order chi connectivity index (χ1) is 33.9. The number of hydrogen-bond donors (Lipinski definition) is 2. The molecule has 0 radical (unpaired) electrons. The molecule has 5 fully saturated rings. The average molecular weight is 1020 g/mol. The summed E-state index contributed by atoms with van der Waals surface area (Å²) in [6, 6.07) is 8.52. The minimum Gasteiger partial charge on any atom is -0.458 e. The van der Waals surface area contributed by atoms with Crippen molar-refractivity contribution < 1.29 is 62.5 Å². The number of ether oxygens (including phenoxy) is 8. The van der Waals surface area contributed by atoms with Crippen molar-refractivity contribution in [2.45, 2.75) is 179 Å². The van der Waals surface area contributed by atoms with Crippen molar-refractivity contribution in [2.24, 2.45) is 29.1 Å². The summed E-state index contributed by atoms with van der Waals surface area (Å²) in [4.78, 5) is 55.2. The number of cyclic esters (lactones) is 1. The van der Waals surface area contributed by atoms with Crippen molar-refractivity contribution in [3.8, 4) is 22.4 Å². The van der Waals surface area contributed by atoms with Gasteiger partial charge in [-0.1, -0.05) is 51.7 Å². The van der Waals surface area contributed by atoms with Gasteiger partial charge in [0.1, 0.15) is 36.7 Å². The van der Waals surface area contributed by atoms with Crippen LogP contribution in [0.4, 0.5) is 0 Å². The largest absolute Gasteiger partial charge is 0.458 e. The van der Waals surface area contributed by atoms with Gasteiger partial charge >= 0.3 is 11.9 Å². The number of carbonyl (C=O) groups excluding carboxylic acids is 3. The molecule has 72 heavy (non-hydrogen) atoms. The van der Waals surface area contributed by atoms with Crippen LogP contribution in [0.2, 0.25) is 0 Å². The van der Waals surface area contributed by atoms with Crippen LogP contribution in [0, 0.1) is 40.9 Å². The van der Waals surface area contributed by atoms with E-state index < -0.39 is 113 Å². The van der Waals surface area contributed by atoms with Gasteiger partial charge in [-0.3, -0.25) is 24.3 Å². The summed E-state index contributed by atoms with van der Waals surface area (Å²) < 4.78 is 52.9. The summed E-state index contributed by atoms with van der Waals surface area (Å²) in [5, 5.41) is 23.3. The van der Waals surface area contributed by atoms with E-state index in [1.165, 1.54) is 18.4 Å². The summed E-state index contributed by atoms with van der Waals surface area (Å²) in [6.45, 7) is 22.8. The fourth-order valence-electron chi connectivity index (χ4n) is 12.7. The number of likely N-dealkylation sites (tertiary alicyclic amines) is 1. The van der Waals surface area contributed by atoms with Crippen LogP contribution in [0.5, 0.6) is 0 Å². The van der Waals surface area contributed by atoms with Gasteiger partial charge in [-0.15, -0.1) is 17.9 Å². The molecule has 0 aliphatic carbocycles. The van der Waals surface area contributed by atoms with Gasteiger partial charge in [0.05, 0.1) is 57.0 Å². The Morgan fingerprint density at radius 1 is 0.986 bits per heavy atom. The number of thiophene rings is 1. The number of ketones is 1. The first-order valence-corrected chi connectivity index (χ1v) is 26.4. The van der Waals surface area contributed by atoms with Crippen LogP contribution in [-0.4, -0.2) is 168 Å². The third-order valence-corrected chi connectivity index (χ3v) is 17.5. The molecule has 0 bridgehead atoms. The van der Waals surface area contributed by atoms with Crippen molar-refractivity contribution in [1.29, 1.82) is 0 Å². The fraction of sp³-hybridized carbons (Fsp3) is 0.709. The number of aliphatic hydroxyl groups is 2. The number of carbonyl (C=O) groups is 3. The summed E-state index contributed by atoms with van der Waals surface area (Å²) in [5.41, 5.74) is -4.23. The highest BCUT2D eigenvalue weighted by atomic mass is 32.1. The molecule has 5 saturated heterocycles. The Morgan fingerprint density at radius 3 is 2.38 bits per heavy atom. The highest BCUT2D eigenvalue weighted by molar-refractivity contribution is 7.16. The fourth-order valence-corrected chi connectivity index (χ4v) is 13.6. The predicted octanol–water partition coefficient (Wildman–Crippen LogP) is 6.05. The Morgan fingerprint density at radius 2 is 1.72 bits per heavy atom. The molecule has 7 rings (SSSR count). The molecule has 2 aromatic heterocycles. The van der Waals surface area contributed by atoms with E-state index in [-0.39, 0.29) is 50.3 Å². The van der Waals surface area contributed by atoms with E-state index >= 15 is 9.59 Å². The minimum atomic E-state index is -1.42. The lowest BCUT2D eigenvalue weighted by Crippen LogP contribution is -2.61. The molecule has 0 amide bonds. The van der Waals surface area contributed by atoms with Gasteiger partial charge in [0.15, 0.2) is 18.2 Å². The molecule has 2 N–H and O–H groups in total. The van der Waals surface area contributed by atoms with E-state index in [0.717, 1.165) is 15.4 Å². The highest BCUT2D eigenvalue weighted by Gasteiger charge is 2.71. The number of methoxy groups -OCH3 is 1. The number of aromatic nitrogens is 1. The zero-order valence-electron chi connectivity index (χ0n) is 44.5. The second kappa shape index (κ2) is 22.3. The number of likely N-dealkylation sites (N-methyl/N-ethyl adjacent to an activating group) is 1. The number of rotatable bonds is 12. The van der Waals surface area contributed by atoms with Crippen LogP contribution >= 0.6 is 11.3 Å². The number of hydrogen-bond acceptors (Lipinski definition) is 17. The molecular formula is C55H79N3O13S. The van der Waals surface area contributed by atoms with Gasteiger partial charge in [-0.05, 0) is 99.2 Å². The SMILES string of the molecule is C=CCN1C[C@@]2(C)C(=O)[C@H](C)C[C@](C)(OCC#Cc3ccc(-c4ccccn4)s3)[C@H](O[C@@H]3O[C@H](C)C[C@H](N(C)C)[C@H]3O)[C@H](C)C(O[C@H]3C[C@@](C)(OC)[C@@H](O)[C@H](C)O3)[C@@H](C)C(=O)O[C@H](CC)[C@@]3(C)OC(=O)[C@H]1[C@@H]32. The number of aliphatic hydroxyl groups excluding tert-OH is 2. The van der Waals surface area contributed by atoms with Crippen molar-refractivity contribution >= 4 is 29.1 Å². The van der Waals surface area contributed by atoms with E-state index in [9.17, 15) is 15.0 Å². The first-order valence-electron chi connectivity index (χ1n) is 25.6. The van der Waals surface area contributed by atoms with Crippen molar-refractivity contribution in [3.63, 3.8) is 0 Å². The number of nitrogens with zero attached hydrogens (tertiary/aromatic N) is 3. The molecule has 0 spiro atoms. The summed E-state index contributed by atoms with van der Waals surface area (Å²) >= 11 is 1.51. The van der Waals surface area contributed by atoms with Crippen LogP contribution in [0.15, 0.2) is 49.2 Å². The molecule has 5 aliphatic heterocycles.